The largest absolute Gasteiger partial charge is 0.455 e. The summed E-state index contributed by atoms with van der Waals surface area (Å²) in [5, 5.41) is 0. The molecule has 0 bridgehead atoms. The van der Waals surface area contributed by atoms with Gasteiger partial charge in [0, 0.05) is 43.7 Å². The Kier molecular flexibility index (Phi) is 5.79. The van der Waals surface area contributed by atoms with Gasteiger partial charge in [-0.05, 0) is 49.9 Å². The third-order valence-corrected chi connectivity index (χ3v) is 8.30. The molecule has 166 valence electrons. The molecule has 1 aliphatic carbocycles. The SMILES string of the molecule is CCN(CC)S(=O)(=O)c1ccc2c(c1)CCCN2C(=O)c1oc2c(c1C)C(=O)CCC2. The molecule has 7 nitrogen and oxygen atoms in total. The molecular formula is C23H28N2O5S. The highest BCUT2D eigenvalue weighted by Gasteiger charge is 2.33. The second-order valence-electron chi connectivity index (χ2n) is 8.07. The maximum atomic E-state index is 13.4. The number of amides is 1. The summed E-state index contributed by atoms with van der Waals surface area (Å²) in [6.07, 6.45) is 3.32. The Hall–Kier alpha value is -2.45. The number of Topliss-reactive ketones (excluding diaryl/α,β-unsaturated/α-hetero) is 1. The maximum Gasteiger partial charge on any atom is 0.294 e. The average Bonchev–Trinajstić information content (AvgIpc) is 3.10. The van der Waals surface area contributed by atoms with Crippen molar-refractivity contribution >= 4 is 27.4 Å². The summed E-state index contributed by atoms with van der Waals surface area (Å²) < 4.78 is 33.1. The van der Waals surface area contributed by atoms with Gasteiger partial charge in [-0.25, -0.2) is 8.42 Å². The highest BCUT2D eigenvalue weighted by atomic mass is 32.2. The first kappa shape index (κ1) is 21.8. The number of ketones is 1. The van der Waals surface area contributed by atoms with Gasteiger partial charge in [0.25, 0.3) is 5.91 Å². The third kappa shape index (κ3) is 3.61. The monoisotopic (exact) mass is 444 g/mol. The van der Waals surface area contributed by atoms with Crippen LogP contribution in [0.2, 0.25) is 0 Å². The van der Waals surface area contributed by atoms with Crippen LogP contribution in [-0.2, 0) is 22.9 Å². The van der Waals surface area contributed by atoms with Crippen LogP contribution in [0.1, 0.15) is 70.9 Å². The van der Waals surface area contributed by atoms with Crippen molar-refractivity contribution in [3.05, 3.63) is 46.4 Å². The standard InChI is InChI=1S/C23H28N2O5S/c1-4-24(5-2)31(28,29)17-11-12-18-16(14-17)8-7-13-25(18)23(27)22-15(3)21-19(26)9-6-10-20(21)30-22/h11-12,14H,4-10,13H2,1-3H3. The van der Waals surface area contributed by atoms with Gasteiger partial charge in [0.05, 0.1) is 10.5 Å². The fourth-order valence-electron chi connectivity index (χ4n) is 4.63. The molecule has 0 radical (unpaired) electrons. The first-order valence-electron chi connectivity index (χ1n) is 10.9. The summed E-state index contributed by atoms with van der Waals surface area (Å²) >= 11 is 0. The molecule has 0 unspecified atom stereocenters. The minimum atomic E-state index is -3.57. The number of carbonyl (C=O) groups excluding carboxylic acids is 2. The van der Waals surface area contributed by atoms with Crippen LogP contribution in [0.15, 0.2) is 27.5 Å². The van der Waals surface area contributed by atoms with Gasteiger partial charge in [-0.2, -0.15) is 4.31 Å². The van der Waals surface area contributed by atoms with E-state index < -0.39 is 10.0 Å². The van der Waals surface area contributed by atoms with Crippen LogP contribution in [0.5, 0.6) is 0 Å². The first-order chi connectivity index (χ1) is 14.8. The lowest BCUT2D eigenvalue weighted by molar-refractivity contribution is 0.0947. The van der Waals surface area contributed by atoms with Crippen LogP contribution in [0, 0.1) is 6.92 Å². The summed E-state index contributed by atoms with van der Waals surface area (Å²) in [7, 11) is -3.57. The van der Waals surface area contributed by atoms with Gasteiger partial charge in [-0.3, -0.25) is 9.59 Å². The first-order valence-corrected chi connectivity index (χ1v) is 12.3. The van der Waals surface area contributed by atoms with E-state index >= 15 is 0 Å². The average molecular weight is 445 g/mol. The van der Waals surface area contributed by atoms with E-state index in [1.54, 1.807) is 30.0 Å². The van der Waals surface area contributed by atoms with Crippen molar-refractivity contribution in [2.45, 2.75) is 57.8 Å². The van der Waals surface area contributed by atoms with Crippen molar-refractivity contribution in [2.75, 3.05) is 24.5 Å². The summed E-state index contributed by atoms with van der Waals surface area (Å²) in [6.45, 7) is 6.73. The number of nitrogens with zero attached hydrogens (tertiary/aromatic N) is 2. The van der Waals surface area contributed by atoms with Gasteiger partial charge >= 0.3 is 0 Å². The molecular weight excluding hydrogens is 416 g/mol. The highest BCUT2D eigenvalue weighted by Crippen LogP contribution is 2.34. The van der Waals surface area contributed by atoms with Crippen molar-refractivity contribution in [3.8, 4) is 0 Å². The molecule has 1 aromatic heterocycles. The number of anilines is 1. The van der Waals surface area contributed by atoms with Crippen LogP contribution in [0.4, 0.5) is 5.69 Å². The van der Waals surface area contributed by atoms with Crippen LogP contribution in [0.25, 0.3) is 0 Å². The Bertz CT molecular complexity index is 1140. The minimum absolute atomic E-state index is 0.0341. The van der Waals surface area contributed by atoms with Gasteiger partial charge in [0.1, 0.15) is 5.76 Å². The topological polar surface area (TPSA) is 87.9 Å². The molecule has 8 heteroatoms. The van der Waals surface area contributed by atoms with Crippen molar-refractivity contribution in [1.29, 1.82) is 0 Å². The number of aryl methyl sites for hydroxylation is 2. The van der Waals surface area contributed by atoms with E-state index in [4.69, 9.17) is 4.42 Å². The predicted molar refractivity (Wildman–Crippen MR) is 117 cm³/mol. The Labute approximate surface area is 183 Å². The molecule has 1 aromatic carbocycles. The Morgan fingerprint density at radius 1 is 1.13 bits per heavy atom. The van der Waals surface area contributed by atoms with Crippen molar-refractivity contribution in [3.63, 3.8) is 0 Å². The third-order valence-electron chi connectivity index (χ3n) is 6.26. The van der Waals surface area contributed by atoms with Gasteiger partial charge in [0.15, 0.2) is 11.5 Å². The molecule has 1 aliphatic heterocycles. The van der Waals surface area contributed by atoms with Gasteiger partial charge in [-0.15, -0.1) is 0 Å². The van der Waals surface area contributed by atoms with Crippen molar-refractivity contribution in [2.24, 2.45) is 0 Å². The lowest BCUT2D eigenvalue weighted by Gasteiger charge is -2.30. The second-order valence-corrected chi connectivity index (χ2v) is 10.0. The number of hydrogen-bond donors (Lipinski definition) is 0. The second kappa shape index (κ2) is 8.24. The molecule has 0 atom stereocenters. The van der Waals surface area contributed by atoms with Gasteiger partial charge in [-0.1, -0.05) is 13.8 Å². The molecule has 2 aromatic rings. The van der Waals surface area contributed by atoms with Crippen LogP contribution in [0.3, 0.4) is 0 Å². The van der Waals surface area contributed by atoms with E-state index in [1.165, 1.54) is 4.31 Å². The smallest absolute Gasteiger partial charge is 0.294 e. The van der Waals surface area contributed by atoms with Crippen molar-refractivity contribution in [1.82, 2.24) is 4.31 Å². The maximum absolute atomic E-state index is 13.4. The molecule has 0 fully saturated rings. The molecule has 4 rings (SSSR count). The fraction of sp³-hybridized carbons (Fsp3) is 0.478. The molecule has 1 amide bonds. The number of rotatable bonds is 5. The minimum Gasteiger partial charge on any atom is -0.455 e. The zero-order chi connectivity index (χ0) is 22.3. The Morgan fingerprint density at radius 3 is 2.55 bits per heavy atom. The molecule has 0 saturated heterocycles. The number of carbonyl (C=O) groups is 2. The van der Waals surface area contributed by atoms with E-state index in [9.17, 15) is 18.0 Å². The summed E-state index contributed by atoms with van der Waals surface area (Å²) in [5.74, 6) is 0.579. The quantitative estimate of drug-likeness (QED) is 0.701. The number of fused-ring (bicyclic) bond motifs is 2. The molecule has 2 aliphatic rings. The van der Waals surface area contributed by atoms with E-state index in [1.807, 2.05) is 13.8 Å². The number of hydrogen-bond acceptors (Lipinski definition) is 5. The summed E-state index contributed by atoms with van der Waals surface area (Å²) in [6, 6.07) is 4.97. The lowest BCUT2D eigenvalue weighted by atomic mass is 9.93. The van der Waals surface area contributed by atoms with E-state index in [0.717, 1.165) is 18.4 Å². The molecule has 2 heterocycles. The van der Waals surface area contributed by atoms with E-state index in [2.05, 4.69) is 0 Å². The summed E-state index contributed by atoms with van der Waals surface area (Å²) in [4.78, 5) is 27.6. The zero-order valence-corrected chi connectivity index (χ0v) is 19.0. The van der Waals surface area contributed by atoms with Crippen LogP contribution in [-0.4, -0.2) is 44.0 Å². The summed E-state index contributed by atoms with van der Waals surface area (Å²) in [5.41, 5.74) is 2.71. The molecule has 31 heavy (non-hydrogen) atoms. The zero-order valence-electron chi connectivity index (χ0n) is 18.2. The number of sulfonamides is 1. The highest BCUT2D eigenvalue weighted by molar-refractivity contribution is 7.89. The molecule has 0 N–H and O–H groups in total. The number of furan rings is 1. The van der Waals surface area contributed by atoms with E-state index in [0.29, 0.717) is 61.5 Å². The Balaban J connectivity index is 1.70. The van der Waals surface area contributed by atoms with Gasteiger partial charge in [0.2, 0.25) is 10.0 Å². The lowest BCUT2D eigenvalue weighted by Crippen LogP contribution is -2.36. The van der Waals surface area contributed by atoms with Crippen molar-refractivity contribution < 1.29 is 22.4 Å². The Morgan fingerprint density at radius 2 is 1.87 bits per heavy atom. The van der Waals surface area contributed by atoms with Crippen LogP contribution < -0.4 is 4.90 Å². The molecule has 0 saturated carbocycles. The van der Waals surface area contributed by atoms with Crippen LogP contribution >= 0.6 is 0 Å². The molecule has 0 spiro atoms. The van der Waals surface area contributed by atoms with E-state index in [-0.39, 0.29) is 22.3 Å². The number of benzene rings is 1. The normalized spacial score (nSPS) is 16.4. The van der Waals surface area contributed by atoms with Gasteiger partial charge < -0.3 is 9.32 Å². The predicted octanol–water partition coefficient (Wildman–Crippen LogP) is 3.73. The fourth-order valence-corrected chi connectivity index (χ4v) is 6.14.